The Morgan fingerprint density at radius 2 is 1.89 bits per heavy atom. The zero-order valence-electron chi connectivity index (χ0n) is 11.4. The lowest BCUT2D eigenvalue weighted by Gasteiger charge is -2.33. The first-order valence-corrected chi connectivity index (χ1v) is 7.60. The van der Waals surface area contributed by atoms with Gasteiger partial charge in [-0.05, 0) is 51.1 Å². The van der Waals surface area contributed by atoms with E-state index < -0.39 is 12.6 Å². The molecule has 2 N–H and O–H groups in total. The molecular formula is C14H25F3N2. The number of hydrogen-bond acceptors (Lipinski definition) is 2. The summed E-state index contributed by atoms with van der Waals surface area (Å²) in [7, 11) is 0. The lowest BCUT2D eigenvalue weighted by atomic mass is 9.88. The molecule has 0 aromatic rings. The topological polar surface area (TPSA) is 24.1 Å². The van der Waals surface area contributed by atoms with Crippen molar-refractivity contribution >= 4 is 0 Å². The van der Waals surface area contributed by atoms with Crippen molar-refractivity contribution < 1.29 is 13.2 Å². The summed E-state index contributed by atoms with van der Waals surface area (Å²) in [5.74, 6) is 0.617. The minimum atomic E-state index is -4.01. The molecule has 0 radical (unpaired) electrons. The third-order valence-corrected chi connectivity index (χ3v) is 4.48. The van der Waals surface area contributed by atoms with E-state index >= 15 is 0 Å². The Morgan fingerprint density at radius 1 is 1.05 bits per heavy atom. The van der Waals surface area contributed by atoms with Gasteiger partial charge >= 0.3 is 6.18 Å². The summed E-state index contributed by atoms with van der Waals surface area (Å²) in [6.07, 6.45) is 2.84. The zero-order valence-corrected chi connectivity index (χ0v) is 11.4. The Hall–Kier alpha value is -0.290. The van der Waals surface area contributed by atoms with Gasteiger partial charge in [-0.1, -0.05) is 12.8 Å². The van der Waals surface area contributed by atoms with Crippen LogP contribution in [0.2, 0.25) is 0 Å². The van der Waals surface area contributed by atoms with Crippen LogP contribution in [0.25, 0.3) is 0 Å². The molecule has 0 spiro atoms. The quantitative estimate of drug-likeness (QED) is 0.754. The number of hydrogen-bond donors (Lipinski definition) is 2. The number of alkyl halides is 3. The lowest BCUT2D eigenvalue weighted by molar-refractivity contribution is -0.135. The lowest BCUT2D eigenvalue weighted by Crippen LogP contribution is -2.47. The van der Waals surface area contributed by atoms with Gasteiger partial charge in [0.25, 0.3) is 0 Å². The Bertz CT molecular complexity index is 262. The maximum atomic E-state index is 12.1. The molecule has 2 rings (SSSR count). The molecule has 1 aliphatic carbocycles. The summed E-state index contributed by atoms with van der Waals surface area (Å²) in [6.45, 7) is 1.59. The molecule has 19 heavy (non-hydrogen) atoms. The smallest absolute Gasteiger partial charge is 0.314 e. The van der Waals surface area contributed by atoms with Gasteiger partial charge < -0.3 is 10.6 Å². The predicted octanol–water partition coefficient (Wildman–Crippen LogP) is 3.23. The van der Waals surface area contributed by atoms with Crippen molar-refractivity contribution in [3.05, 3.63) is 0 Å². The average Bonchev–Trinajstić information content (AvgIpc) is 2.83. The summed E-state index contributed by atoms with van der Waals surface area (Å²) >= 11 is 0. The average molecular weight is 278 g/mol. The van der Waals surface area contributed by atoms with E-state index in [1.807, 2.05) is 0 Å². The second-order valence-electron chi connectivity index (χ2n) is 5.93. The SMILES string of the molecule is FC(F)(F)CCCNC1CCCC1C1CCCCN1. The molecule has 2 fully saturated rings. The van der Waals surface area contributed by atoms with E-state index in [0.29, 0.717) is 24.5 Å². The molecule has 112 valence electrons. The van der Waals surface area contributed by atoms with Crippen LogP contribution in [-0.4, -0.2) is 31.3 Å². The van der Waals surface area contributed by atoms with Gasteiger partial charge in [0, 0.05) is 18.5 Å². The number of rotatable bonds is 5. The highest BCUT2D eigenvalue weighted by Gasteiger charge is 2.34. The summed E-state index contributed by atoms with van der Waals surface area (Å²) in [5, 5.41) is 6.95. The number of nitrogens with one attached hydrogen (secondary N) is 2. The van der Waals surface area contributed by atoms with Crippen molar-refractivity contribution in [2.75, 3.05) is 13.1 Å². The highest BCUT2D eigenvalue weighted by atomic mass is 19.4. The van der Waals surface area contributed by atoms with Gasteiger partial charge in [0.2, 0.25) is 0 Å². The van der Waals surface area contributed by atoms with E-state index in [4.69, 9.17) is 0 Å². The minimum Gasteiger partial charge on any atom is -0.314 e. The van der Waals surface area contributed by atoms with Crippen LogP contribution in [0.1, 0.15) is 51.4 Å². The molecule has 0 amide bonds. The Kier molecular flexibility index (Phi) is 5.51. The largest absolute Gasteiger partial charge is 0.389 e. The van der Waals surface area contributed by atoms with Crippen LogP contribution in [0.5, 0.6) is 0 Å². The normalized spacial score (nSPS) is 32.7. The van der Waals surface area contributed by atoms with Crippen LogP contribution < -0.4 is 10.6 Å². The molecule has 3 atom stereocenters. The first-order valence-electron chi connectivity index (χ1n) is 7.60. The Labute approximate surface area is 113 Å². The number of halogens is 3. The maximum Gasteiger partial charge on any atom is 0.389 e. The molecule has 1 saturated heterocycles. The van der Waals surface area contributed by atoms with Gasteiger partial charge in [0.1, 0.15) is 0 Å². The summed E-state index contributed by atoms with van der Waals surface area (Å²) < 4.78 is 36.3. The van der Waals surface area contributed by atoms with Crippen molar-refractivity contribution in [2.45, 2.75) is 69.6 Å². The van der Waals surface area contributed by atoms with Crippen LogP contribution in [0, 0.1) is 5.92 Å². The van der Waals surface area contributed by atoms with E-state index in [9.17, 15) is 13.2 Å². The van der Waals surface area contributed by atoms with Gasteiger partial charge in [-0.15, -0.1) is 0 Å². The Morgan fingerprint density at radius 3 is 2.58 bits per heavy atom. The van der Waals surface area contributed by atoms with Crippen molar-refractivity contribution in [3.8, 4) is 0 Å². The minimum absolute atomic E-state index is 0.199. The van der Waals surface area contributed by atoms with E-state index in [1.165, 1.54) is 32.1 Å². The van der Waals surface area contributed by atoms with Gasteiger partial charge in [-0.3, -0.25) is 0 Å². The molecular weight excluding hydrogens is 253 g/mol. The molecule has 3 unspecified atom stereocenters. The standard InChI is InChI=1S/C14H25F3N2/c15-14(16,17)8-4-10-19-13-7-3-5-11(13)12-6-1-2-9-18-12/h11-13,18-19H,1-10H2. The van der Waals surface area contributed by atoms with Crippen LogP contribution in [0.3, 0.4) is 0 Å². The molecule has 0 bridgehead atoms. The molecule has 1 saturated carbocycles. The molecule has 5 heteroatoms. The zero-order chi connectivity index (χ0) is 13.7. The van der Waals surface area contributed by atoms with Gasteiger partial charge in [0.15, 0.2) is 0 Å². The van der Waals surface area contributed by atoms with E-state index in [2.05, 4.69) is 10.6 Å². The highest BCUT2D eigenvalue weighted by Crippen LogP contribution is 2.31. The maximum absolute atomic E-state index is 12.1. The fourth-order valence-corrected chi connectivity index (χ4v) is 3.54. The molecule has 1 aliphatic heterocycles. The van der Waals surface area contributed by atoms with E-state index in [1.54, 1.807) is 0 Å². The second-order valence-corrected chi connectivity index (χ2v) is 5.93. The van der Waals surface area contributed by atoms with E-state index in [0.717, 1.165) is 13.0 Å². The second kappa shape index (κ2) is 6.93. The highest BCUT2D eigenvalue weighted by molar-refractivity contribution is 4.92. The van der Waals surface area contributed by atoms with Gasteiger partial charge in [-0.25, -0.2) is 0 Å². The van der Waals surface area contributed by atoms with Crippen molar-refractivity contribution in [1.82, 2.24) is 10.6 Å². The monoisotopic (exact) mass is 278 g/mol. The fourth-order valence-electron chi connectivity index (χ4n) is 3.54. The summed E-state index contributed by atoms with van der Waals surface area (Å²) in [5.41, 5.74) is 0. The molecule has 2 aliphatic rings. The van der Waals surface area contributed by atoms with Gasteiger partial charge in [0.05, 0.1) is 0 Å². The Balaban J connectivity index is 1.69. The molecule has 0 aromatic carbocycles. The van der Waals surface area contributed by atoms with E-state index in [-0.39, 0.29) is 6.42 Å². The van der Waals surface area contributed by atoms with Gasteiger partial charge in [-0.2, -0.15) is 13.2 Å². The third-order valence-electron chi connectivity index (χ3n) is 4.48. The van der Waals surface area contributed by atoms with Crippen LogP contribution in [0.15, 0.2) is 0 Å². The van der Waals surface area contributed by atoms with Crippen molar-refractivity contribution in [1.29, 1.82) is 0 Å². The first kappa shape index (κ1) is 15.1. The van der Waals surface area contributed by atoms with Crippen molar-refractivity contribution in [3.63, 3.8) is 0 Å². The summed E-state index contributed by atoms with van der Waals surface area (Å²) in [6, 6.07) is 1.00. The molecule has 2 nitrogen and oxygen atoms in total. The van der Waals surface area contributed by atoms with Crippen LogP contribution in [0.4, 0.5) is 13.2 Å². The van der Waals surface area contributed by atoms with Crippen molar-refractivity contribution in [2.24, 2.45) is 5.92 Å². The molecule has 0 aromatic heterocycles. The van der Waals surface area contributed by atoms with Crippen LogP contribution >= 0.6 is 0 Å². The summed E-state index contributed by atoms with van der Waals surface area (Å²) in [4.78, 5) is 0. The predicted molar refractivity (Wildman–Crippen MR) is 70.1 cm³/mol. The first-order chi connectivity index (χ1) is 9.06. The van der Waals surface area contributed by atoms with Crippen LogP contribution in [-0.2, 0) is 0 Å². The number of piperidine rings is 1. The third kappa shape index (κ3) is 4.95. The fraction of sp³-hybridized carbons (Fsp3) is 1.00. The molecule has 1 heterocycles.